The van der Waals surface area contributed by atoms with E-state index in [2.05, 4.69) is 4.98 Å². The highest BCUT2D eigenvalue weighted by Gasteiger charge is 2.18. The summed E-state index contributed by atoms with van der Waals surface area (Å²) in [5.74, 6) is 0.994. The van der Waals surface area contributed by atoms with Crippen LogP contribution in [0.5, 0.6) is 11.5 Å². The zero-order chi connectivity index (χ0) is 19.1. The Balaban J connectivity index is 1.80. The summed E-state index contributed by atoms with van der Waals surface area (Å²) in [6.45, 7) is 2.33. The van der Waals surface area contributed by atoms with Gasteiger partial charge in [0.2, 0.25) is 0 Å². The number of benzene rings is 2. The van der Waals surface area contributed by atoms with Crippen LogP contribution < -0.4 is 14.4 Å². The van der Waals surface area contributed by atoms with Crippen LogP contribution in [0.2, 0.25) is 0 Å². The Hall–Kier alpha value is -3.34. The second-order valence-electron chi connectivity index (χ2n) is 6.12. The minimum Gasteiger partial charge on any atom is -0.493 e. The van der Waals surface area contributed by atoms with Crippen LogP contribution >= 0.6 is 0 Å². The fourth-order valence-electron chi connectivity index (χ4n) is 2.75. The molecule has 0 spiro atoms. The summed E-state index contributed by atoms with van der Waals surface area (Å²) in [6.07, 6.45) is 3.48. The molecule has 5 heteroatoms. The van der Waals surface area contributed by atoms with Gasteiger partial charge in [-0.1, -0.05) is 30.3 Å². The summed E-state index contributed by atoms with van der Waals surface area (Å²) in [5.41, 5.74) is 2.86. The molecule has 2 aromatic carbocycles. The quantitative estimate of drug-likeness (QED) is 0.637. The number of anilines is 1. The van der Waals surface area contributed by atoms with E-state index in [0.717, 1.165) is 16.8 Å². The SMILES string of the molecule is COc1ccccc1OCC(=O)N(Cc1cccnc1)c1cccc(C)c1. The number of carbonyl (C=O) groups is 1. The Morgan fingerprint density at radius 3 is 2.56 bits per heavy atom. The van der Waals surface area contributed by atoms with E-state index in [4.69, 9.17) is 9.47 Å². The molecule has 0 unspecified atom stereocenters. The van der Waals surface area contributed by atoms with Crippen LogP contribution in [0.3, 0.4) is 0 Å². The molecule has 0 saturated carbocycles. The van der Waals surface area contributed by atoms with Gasteiger partial charge in [0.15, 0.2) is 18.1 Å². The molecule has 3 aromatic rings. The molecule has 1 heterocycles. The van der Waals surface area contributed by atoms with Crippen LogP contribution in [0, 0.1) is 6.92 Å². The van der Waals surface area contributed by atoms with Crippen LogP contribution in [0.25, 0.3) is 0 Å². The van der Waals surface area contributed by atoms with Gasteiger partial charge in [-0.15, -0.1) is 0 Å². The molecule has 0 aliphatic rings. The summed E-state index contributed by atoms with van der Waals surface area (Å²) in [5, 5.41) is 0. The molecule has 0 radical (unpaired) electrons. The number of rotatable bonds is 7. The summed E-state index contributed by atoms with van der Waals surface area (Å²) < 4.78 is 11.0. The Bertz CT molecular complexity index is 897. The Labute approximate surface area is 159 Å². The smallest absolute Gasteiger partial charge is 0.265 e. The molecule has 5 nitrogen and oxygen atoms in total. The van der Waals surface area contributed by atoms with Gasteiger partial charge in [-0.05, 0) is 48.4 Å². The van der Waals surface area contributed by atoms with E-state index in [1.807, 2.05) is 55.5 Å². The fourth-order valence-corrected chi connectivity index (χ4v) is 2.75. The van der Waals surface area contributed by atoms with Crippen molar-refractivity contribution in [1.29, 1.82) is 0 Å². The number of methoxy groups -OCH3 is 1. The van der Waals surface area contributed by atoms with Gasteiger partial charge in [0.1, 0.15) is 0 Å². The minimum absolute atomic E-state index is 0.0887. The molecule has 1 aromatic heterocycles. The Kier molecular flexibility index (Phi) is 6.05. The van der Waals surface area contributed by atoms with Crippen molar-refractivity contribution in [3.8, 4) is 11.5 Å². The van der Waals surface area contributed by atoms with Crippen LogP contribution in [0.1, 0.15) is 11.1 Å². The Morgan fingerprint density at radius 2 is 1.85 bits per heavy atom. The molecule has 0 bridgehead atoms. The summed E-state index contributed by atoms with van der Waals surface area (Å²) >= 11 is 0. The summed E-state index contributed by atoms with van der Waals surface area (Å²) in [6, 6.07) is 18.9. The third-order valence-electron chi connectivity index (χ3n) is 4.10. The lowest BCUT2D eigenvalue weighted by molar-refractivity contribution is -0.120. The highest BCUT2D eigenvalue weighted by Crippen LogP contribution is 2.26. The first-order valence-corrected chi connectivity index (χ1v) is 8.69. The molecule has 138 valence electrons. The van der Waals surface area contributed by atoms with Crippen LogP contribution in [0.15, 0.2) is 73.1 Å². The molecular formula is C22H22N2O3. The zero-order valence-corrected chi connectivity index (χ0v) is 15.5. The highest BCUT2D eigenvalue weighted by atomic mass is 16.5. The van der Waals surface area contributed by atoms with Crippen molar-refractivity contribution < 1.29 is 14.3 Å². The number of ether oxygens (including phenoxy) is 2. The average Bonchev–Trinajstić information content (AvgIpc) is 2.71. The number of aromatic nitrogens is 1. The number of carbonyl (C=O) groups excluding carboxylic acids is 1. The Morgan fingerprint density at radius 1 is 1.04 bits per heavy atom. The van der Waals surface area contributed by atoms with Crippen molar-refractivity contribution in [3.63, 3.8) is 0 Å². The number of para-hydroxylation sites is 2. The van der Waals surface area contributed by atoms with E-state index in [1.54, 1.807) is 36.5 Å². The first-order valence-electron chi connectivity index (χ1n) is 8.69. The third-order valence-corrected chi connectivity index (χ3v) is 4.10. The molecule has 0 atom stereocenters. The van der Waals surface area contributed by atoms with Gasteiger partial charge in [-0.3, -0.25) is 9.78 Å². The minimum atomic E-state index is -0.143. The van der Waals surface area contributed by atoms with Crippen molar-refractivity contribution in [1.82, 2.24) is 4.98 Å². The molecule has 27 heavy (non-hydrogen) atoms. The normalized spacial score (nSPS) is 10.3. The fraction of sp³-hybridized carbons (Fsp3) is 0.182. The highest BCUT2D eigenvalue weighted by molar-refractivity contribution is 5.94. The monoisotopic (exact) mass is 362 g/mol. The van der Waals surface area contributed by atoms with Crippen molar-refractivity contribution in [3.05, 3.63) is 84.2 Å². The number of hydrogen-bond donors (Lipinski definition) is 0. The van der Waals surface area contributed by atoms with E-state index >= 15 is 0 Å². The molecular weight excluding hydrogens is 340 g/mol. The number of amides is 1. The van der Waals surface area contributed by atoms with Crippen molar-refractivity contribution in [2.45, 2.75) is 13.5 Å². The third kappa shape index (κ3) is 4.85. The molecule has 0 saturated heterocycles. The van der Waals surface area contributed by atoms with Crippen LogP contribution in [-0.4, -0.2) is 24.6 Å². The topological polar surface area (TPSA) is 51.7 Å². The van der Waals surface area contributed by atoms with E-state index in [1.165, 1.54) is 0 Å². The van der Waals surface area contributed by atoms with E-state index in [0.29, 0.717) is 18.0 Å². The van der Waals surface area contributed by atoms with Crippen molar-refractivity contribution >= 4 is 11.6 Å². The standard InChI is InChI=1S/C22H22N2O3/c1-17-7-5-9-19(13-17)24(15-18-8-6-12-23-14-18)22(25)16-27-21-11-4-3-10-20(21)26-2/h3-14H,15-16H2,1-2H3. The van der Waals surface area contributed by atoms with Gasteiger partial charge in [-0.2, -0.15) is 0 Å². The van der Waals surface area contributed by atoms with E-state index in [-0.39, 0.29) is 12.5 Å². The maximum absolute atomic E-state index is 13.0. The lowest BCUT2D eigenvalue weighted by atomic mass is 10.2. The molecule has 0 fully saturated rings. The van der Waals surface area contributed by atoms with Gasteiger partial charge in [-0.25, -0.2) is 0 Å². The maximum Gasteiger partial charge on any atom is 0.265 e. The van der Waals surface area contributed by atoms with Gasteiger partial charge in [0, 0.05) is 18.1 Å². The van der Waals surface area contributed by atoms with Gasteiger partial charge >= 0.3 is 0 Å². The summed E-state index contributed by atoms with van der Waals surface area (Å²) in [7, 11) is 1.57. The number of pyridine rings is 1. The predicted octanol–water partition coefficient (Wildman–Crippen LogP) is 4.01. The first-order chi connectivity index (χ1) is 13.2. The second-order valence-corrected chi connectivity index (χ2v) is 6.12. The summed E-state index contributed by atoms with van der Waals surface area (Å²) in [4.78, 5) is 18.8. The lowest BCUT2D eigenvalue weighted by Crippen LogP contribution is -2.34. The first kappa shape index (κ1) is 18.5. The lowest BCUT2D eigenvalue weighted by Gasteiger charge is -2.23. The molecule has 0 aliphatic carbocycles. The molecule has 0 N–H and O–H groups in total. The largest absolute Gasteiger partial charge is 0.493 e. The van der Waals surface area contributed by atoms with Crippen molar-refractivity contribution in [2.75, 3.05) is 18.6 Å². The second kappa shape index (κ2) is 8.85. The van der Waals surface area contributed by atoms with Gasteiger partial charge in [0.25, 0.3) is 5.91 Å². The number of nitrogens with zero attached hydrogens (tertiary/aromatic N) is 2. The van der Waals surface area contributed by atoms with E-state index < -0.39 is 0 Å². The zero-order valence-electron chi connectivity index (χ0n) is 15.5. The van der Waals surface area contributed by atoms with Gasteiger partial charge < -0.3 is 14.4 Å². The van der Waals surface area contributed by atoms with Crippen molar-refractivity contribution in [2.24, 2.45) is 0 Å². The molecule has 0 aliphatic heterocycles. The maximum atomic E-state index is 13.0. The number of aryl methyl sites for hydroxylation is 1. The van der Waals surface area contributed by atoms with Crippen LogP contribution in [-0.2, 0) is 11.3 Å². The van der Waals surface area contributed by atoms with E-state index in [9.17, 15) is 4.79 Å². The van der Waals surface area contributed by atoms with Gasteiger partial charge in [0.05, 0.1) is 13.7 Å². The molecule has 3 rings (SSSR count). The predicted molar refractivity (Wildman–Crippen MR) is 105 cm³/mol. The number of hydrogen-bond acceptors (Lipinski definition) is 4. The molecule has 1 amide bonds. The average molecular weight is 362 g/mol. The van der Waals surface area contributed by atoms with Crippen LogP contribution in [0.4, 0.5) is 5.69 Å².